The molecule has 0 saturated heterocycles. The summed E-state index contributed by atoms with van der Waals surface area (Å²) < 4.78 is 0. The standard InChI is InChI=1S/C14H23NS/c1-13(12-15-10-11-16-2)8-9-14-6-4-3-5-7-14/h3-7,13,15H,8-12H2,1-2H3. The Bertz CT molecular complexity index is 261. The monoisotopic (exact) mass is 237 g/mol. The van der Waals surface area contributed by atoms with E-state index in [0.717, 1.165) is 19.0 Å². The maximum absolute atomic E-state index is 3.50. The van der Waals surface area contributed by atoms with Crippen LogP contribution in [0.25, 0.3) is 0 Å². The van der Waals surface area contributed by atoms with E-state index < -0.39 is 0 Å². The summed E-state index contributed by atoms with van der Waals surface area (Å²) in [6.45, 7) is 4.61. The van der Waals surface area contributed by atoms with E-state index >= 15 is 0 Å². The first-order chi connectivity index (χ1) is 7.83. The van der Waals surface area contributed by atoms with Crippen LogP contribution in [0.5, 0.6) is 0 Å². The molecule has 0 spiro atoms. The summed E-state index contributed by atoms with van der Waals surface area (Å²) in [6.07, 6.45) is 4.63. The molecule has 0 amide bonds. The number of thioether (sulfide) groups is 1. The normalized spacial score (nSPS) is 12.6. The molecule has 1 rings (SSSR count). The van der Waals surface area contributed by atoms with Gasteiger partial charge < -0.3 is 5.32 Å². The average Bonchev–Trinajstić information content (AvgIpc) is 2.33. The fraction of sp³-hybridized carbons (Fsp3) is 0.571. The van der Waals surface area contributed by atoms with Gasteiger partial charge in [0.05, 0.1) is 0 Å². The molecule has 16 heavy (non-hydrogen) atoms. The van der Waals surface area contributed by atoms with Gasteiger partial charge in [-0.3, -0.25) is 0 Å². The zero-order valence-electron chi connectivity index (χ0n) is 10.4. The topological polar surface area (TPSA) is 12.0 Å². The van der Waals surface area contributed by atoms with Crippen LogP contribution in [0, 0.1) is 5.92 Å². The lowest BCUT2D eigenvalue weighted by Crippen LogP contribution is -2.23. The first kappa shape index (κ1) is 13.6. The Morgan fingerprint density at radius 3 is 2.69 bits per heavy atom. The molecule has 0 bridgehead atoms. The molecule has 0 saturated carbocycles. The van der Waals surface area contributed by atoms with E-state index in [-0.39, 0.29) is 0 Å². The van der Waals surface area contributed by atoms with Gasteiger partial charge in [-0.05, 0) is 37.1 Å². The summed E-state index contributed by atoms with van der Waals surface area (Å²) >= 11 is 1.90. The van der Waals surface area contributed by atoms with Gasteiger partial charge in [-0.25, -0.2) is 0 Å². The van der Waals surface area contributed by atoms with E-state index in [2.05, 4.69) is 48.8 Å². The minimum absolute atomic E-state index is 0.766. The van der Waals surface area contributed by atoms with Crippen molar-refractivity contribution in [3.05, 3.63) is 35.9 Å². The first-order valence-electron chi connectivity index (χ1n) is 6.06. The van der Waals surface area contributed by atoms with Crippen molar-refractivity contribution in [1.82, 2.24) is 5.32 Å². The van der Waals surface area contributed by atoms with Gasteiger partial charge in [0, 0.05) is 12.3 Å². The predicted octanol–water partition coefficient (Wildman–Crippen LogP) is 3.21. The molecule has 0 radical (unpaired) electrons. The highest BCUT2D eigenvalue weighted by atomic mass is 32.2. The summed E-state index contributed by atoms with van der Waals surface area (Å²) in [6, 6.07) is 10.8. The second-order valence-electron chi connectivity index (χ2n) is 4.33. The Kier molecular flexibility index (Phi) is 7.35. The molecule has 1 aromatic carbocycles. The van der Waals surface area contributed by atoms with Crippen molar-refractivity contribution in [2.24, 2.45) is 5.92 Å². The van der Waals surface area contributed by atoms with Gasteiger partial charge in [0.1, 0.15) is 0 Å². The Hall–Kier alpha value is -0.470. The molecule has 1 nitrogen and oxygen atoms in total. The zero-order chi connectivity index (χ0) is 11.6. The van der Waals surface area contributed by atoms with Gasteiger partial charge in [0.15, 0.2) is 0 Å². The molecule has 0 aliphatic rings. The lowest BCUT2D eigenvalue weighted by molar-refractivity contribution is 0.490. The van der Waals surface area contributed by atoms with Gasteiger partial charge in [-0.15, -0.1) is 0 Å². The molecule has 0 fully saturated rings. The lowest BCUT2D eigenvalue weighted by Gasteiger charge is -2.12. The van der Waals surface area contributed by atoms with E-state index in [0.29, 0.717) is 0 Å². The quantitative estimate of drug-likeness (QED) is 0.697. The first-order valence-corrected chi connectivity index (χ1v) is 7.46. The maximum Gasteiger partial charge on any atom is 0.00553 e. The zero-order valence-corrected chi connectivity index (χ0v) is 11.2. The molecular weight excluding hydrogens is 214 g/mol. The van der Waals surface area contributed by atoms with Crippen LogP contribution in [-0.2, 0) is 6.42 Å². The van der Waals surface area contributed by atoms with Crippen molar-refractivity contribution in [2.75, 3.05) is 25.1 Å². The number of aryl methyl sites for hydroxylation is 1. The van der Waals surface area contributed by atoms with Crippen molar-refractivity contribution in [3.8, 4) is 0 Å². The third-order valence-corrected chi connectivity index (χ3v) is 3.36. The third-order valence-electron chi connectivity index (χ3n) is 2.74. The number of rotatable bonds is 8. The van der Waals surface area contributed by atoms with E-state index in [1.165, 1.54) is 24.2 Å². The summed E-state index contributed by atoms with van der Waals surface area (Å²) in [5, 5.41) is 3.50. The molecule has 0 heterocycles. The van der Waals surface area contributed by atoms with Crippen LogP contribution >= 0.6 is 11.8 Å². The third kappa shape index (κ3) is 6.19. The second kappa shape index (κ2) is 8.66. The van der Waals surface area contributed by atoms with Crippen LogP contribution in [0.3, 0.4) is 0 Å². The van der Waals surface area contributed by atoms with Crippen LogP contribution in [0.1, 0.15) is 18.9 Å². The number of hydrogen-bond donors (Lipinski definition) is 1. The Labute approximate surface area is 104 Å². The molecule has 90 valence electrons. The van der Waals surface area contributed by atoms with Crippen LogP contribution in [0.4, 0.5) is 0 Å². The molecule has 2 heteroatoms. The van der Waals surface area contributed by atoms with Crippen molar-refractivity contribution in [1.29, 1.82) is 0 Å². The van der Waals surface area contributed by atoms with Crippen LogP contribution < -0.4 is 5.32 Å². The van der Waals surface area contributed by atoms with Crippen molar-refractivity contribution < 1.29 is 0 Å². The Morgan fingerprint density at radius 2 is 2.00 bits per heavy atom. The summed E-state index contributed by atoms with van der Waals surface area (Å²) in [5.41, 5.74) is 1.46. The Balaban J connectivity index is 2.08. The van der Waals surface area contributed by atoms with Gasteiger partial charge in [0.2, 0.25) is 0 Å². The molecular formula is C14H23NS. The van der Waals surface area contributed by atoms with E-state index in [9.17, 15) is 0 Å². The van der Waals surface area contributed by atoms with E-state index in [1.807, 2.05) is 11.8 Å². The van der Waals surface area contributed by atoms with Crippen molar-refractivity contribution >= 4 is 11.8 Å². The number of hydrogen-bond acceptors (Lipinski definition) is 2. The summed E-state index contributed by atoms with van der Waals surface area (Å²) in [5.74, 6) is 1.98. The van der Waals surface area contributed by atoms with Gasteiger partial charge in [0.25, 0.3) is 0 Å². The molecule has 1 aromatic rings. The maximum atomic E-state index is 3.50. The lowest BCUT2D eigenvalue weighted by atomic mass is 10.0. The smallest absolute Gasteiger partial charge is 0.00553 e. The largest absolute Gasteiger partial charge is 0.316 e. The van der Waals surface area contributed by atoms with Crippen molar-refractivity contribution in [2.45, 2.75) is 19.8 Å². The molecule has 0 aliphatic carbocycles. The predicted molar refractivity (Wildman–Crippen MR) is 75.2 cm³/mol. The van der Waals surface area contributed by atoms with Gasteiger partial charge >= 0.3 is 0 Å². The van der Waals surface area contributed by atoms with Crippen LogP contribution in [0.2, 0.25) is 0 Å². The molecule has 0 aromatic heterocycles. The highest BCUT2D eigenvalue weighted by Crippen LogP contribution is 2.08. The highest BCUT2D eigenvalue weighted by molar-refractivity contribution is 7.98. The fourth-order valence-corrected chi connectivity index (χ4v) is 2.03. The molecule has 1 unspecified atom stereocenters. The van der Waals surface area contributed by atoms with Crippen LogP contribution in [-0.4, -0.2) is 25.1 Å². The SMILES string of the molecule is CSCCNCC(C)CCc1ccccc1. The van der Waals surface area contributed by atoms with E-state index in [4.69, 9.17) is 0 Å². The minimum Gasteiger partial charge on any atom is -0.316 e. The van der Waals surface area contributed by atoms with E-state index in [1.54, 1.807) is 0 Å². The summed E-state index contributed by atoms with van der Waals surface area (Å²) in [7, 11) is 0. The minimum atomic E-state index is 0.766. The highest BCUT2D eigenvalue weighted by Gasteiger charge is 2.01. The van der Waals surface area contributed by atoms with Gasteiger partial charge in [-0.1, -0.05) is 37.3 Å². The fourth-order valence-electron chi connectivity index (χ4n) is 1.68. The number of benzene rings is 1. The molecule has 1 atom stereocenters. The molecule has 0 aliphatic heterocycles. The second-order valence-corrected chi connectivity index (χ2v) is 5.31. The number of nitrogens with one attached hydrogen (secondary N) is 1. The van der Waals surface area contributed by atoms with Crippen molar-refractivity contribution in [3.63, 3.8) is 0 Å². The average molecular weight is 237 g/mol. The molecule has 1 N–H and O–H groups in total. The van der Waals surface area contributed by atoms with Crippen LogP contribution in [0.15, 0.2) is 30.3 Å². The Morgan fingerprint density at radius 1 is 1.25 bits per heavy atom. The summed E-state index contributed by atoms with van der Waals surface area (Å²) in [4.78, 5) is 0. The van der Waals surface area contributed by atoms with Gasteiger partial charge in [-0.2, -0.15) is 11.8 Å².